The number of carbonyl (C=O) groups excluding carboxylic acids is 1. The van der Waals surface area contributed by atoms with Gasteiger partial charge in [0.05, 0.1) is 13.7 Å². The van der Waals surface area contributed by atoms with Crippen LogP contribution in [0.1, 0.15) is 12.5 Å². The van der Waals surface area contributed by atoms with Gasteiger partial charge in [-0.25, -0.2) is 4.79 Å². The third kappa shape index (κ3) is 4.91. The fourth-order valence-corrected chi connectivity index (χ4v) is 2.16. The van der Waals surface area contributed by atoms with Gasteiger partial charge in [0.1, 0.15) is 0 Å². The van der Waals surface area contributed by atoms with Crippen LogP contribution >= 0.6 is 27.5 Å². The predicted molar refractivity (Wildman–Crippen MR) is 77.6 cm³/mol. The number of esters is 1. The van der Waals surface area contributed by atoms with Gasteiger partial charge in [0.15, 0.2) is 18.1 Å². The first-order valence-electron chi connectivity index (χ1n) is 5.83. The molecule has 4 nitrogen and oxygen atoms in total. The number of halogens is 2. The highest BCUT2D eigenvalue weighted by atomic mass is 79.9. The molecule has 0 aliphatic rings. The van der Waals surface area contributed by atoms with Crippen LogP contribution in [0.4, 0.5) is 0 Å². The molecule has 19 heavy (non-hydrogen) atoms. The Morgan fingerprint density at radius 3 is 2.68 bits per heavy atom. The summed E-state index contributed by atoms with van der Waals surface area (Å²) in [7, 11) is 1.54. The van der Waals surface area contributed by atoms with Crippen molar-refractivity contribution in [1.29, 1.82) is 0 Å². The Hall–Kier alpha value is -0.940. The van der Waals surface area contributed by atoms with Gasteiger partial charge in [-0.3, -0.25) is 0 Å². The number of hydrogen-bond donors (Lipinski definition) is 0. The molecule has 0 aliphatic heterocycles. The van der Waals surface area contributed by atoms with Crippen molar-refractivity contribution < 1.29 is 19.0 Å². The zero-order valence-corrected chi connectivity index (χ0v) is 13.2. The van der Waals surface area contributed by atoms with Crippen molar-refractivity contribution in [2.24, 2.45) is 0 Å². The zero-order valence-electron chi connectivity index (χ0n) is 10.9. The van der Waals surface area contributed by atoms with Crippen LogP contribution in [-0.2, 0) is 16.0 Å². The standard InChI is InChI=1S/C13H16BrClO4/c1-3-18-13(16)8-19-12-7-10(15)9(4-5-14)6-11(12)17-2/h6-7H,3-5,8H2,1-2H3. The van der Waals surface area contributed by atoms with Crippen LogP contribution < -0.4 is 9.47 Å². The van der Waals surface area contributed by atoms with Crippen molar-refractivity contribution in [3.05, 3.63) is 22.7 Å². The Morgan fingerprint density at radius 1 is 1.37 bits per heavy atom. The SMILES string of the molecule is CCOC(=O)COc1cc(Cl)c(CCBr)cc1OC. The van der Waals surface area contributed by atoms with E-state index in [2.05, 4.69) is 15.9 Å². The summed E-state index contributed by atoms with van der Waals surface area (Å²) in [6.07, 6.45) is 0.785. The van der Waals surface area contributed by atoms with Crippen molar-refractivity contribution in [2.75, 3.05) is 25.7 Å². The fourth-order valence-electron chi connectivity index (χ4n) is 1.48. The summed E-state index contributed by atoms with van der Waals surface area (Å²) in [4.78, 5) is 11.2. The van der Waals surface area contributed by atoms with E-state index in [9.17, 15) is 4.79 Å². The van der Waals surface area contributed by atoms with Crippen molar-refractivity contribution in [3.8, 4) is 11.5 Å². The number of hydrogen-bond acceptors (Lipinski definition) is 4. The molecule has 0 N–H and O–H groups in total. The van der Waals surface area contributed by atoms with E-state index in [-0.39, 0.29) is 6.61 Å². The highest BCUT2D eigenvalue weighted by Gasteiger charge is 2.12. The summed E-state index contributed by atoms with van der Waals surface area (Å²) in [5.41, 5.74) is 0.957. The summed E-state index contributed by atoms with van der Waals surface area (Å²) in [5.74, 6) is 0.550. The normalized spacial score (nSPS) is 10.1. The molecule has 0 unspecified atom stereocenters. The zero-order chi connectivity index (χ0) is 14.3. The minimum atomic E-state index is -0.426. The van der Waals surface area contributed by atoms with Crippen molar-refractivity contribution in [2.45, 2.75) is 13.3 Å². The van der Waals surface area contributed by atoms with Crippen LogP contribution in [0.25, 0.3) is 0 Å². The largest absolute Gasteiger partial charge is 0.493 e. The van der Waals surface area contributed by atoms with E-state index in [1.165, 1.54) is 0 Å². The number of methoxy groups -OCH3 is 1. The fraction of sp³-hybridized carbons (Fsp3) is 0.462. The molecule has 0 amide bonds. The van der Waals surface area contributed by atoms with Gasteiger partial charge >= 0.3 is 5.97 Å². The molecular weight excluding hydrogens is 335 g/mol. The van der Waals surface area contributed by atoms with Gasteiger partial charge in [0.25, 0.3) is 0 Å². The monoisotopic (exact) mass is 350 g/mol. The molecule has 0 spiro atoms. The summed E-state index contributed by atoms with van der Waals surface area (Å²) in [6.45, 7) is 1.90. The summed E-state index contributed by atoms with van der Waals surface area (Å²) < 4.78 is 15.4. The van der Waals surface area contributed by atoms with E-state index in [0.29, 0.717) is 23.1 Å². The smallest absolute Gasteiger partial charge is 0.344 e. The molecule has 1 aromatic carbocycles. The van der Waals surface area contributed by atoms with Crippen LogP contribution in [0, 0.1) is 0 Å². The number of alkyl halides is 1. The van der Waals surface area contributed by atoms with Gasteiger partial charge in [-0.2, -0.15) is 0 Å². The molecular formula is C13H16BrClO4. The van der Waals surface area contributed by atoms with E-state index in [1.54, 1.807) is 20.1 Å². The van der Waals surface area contributed by atoms with Crippen LogP contribution in [0.2, 0.25) is 5.02 Å². The van der Waals surface area contributed by atoms with E-state index in [4.69, 9.17) is 25.8 Å². The number of ether oxygens (including phenoxy) is 3. The van der Waals surface area contributed by atoms with Gasteiger partial charge in [-0.1, -0.05) is 27.5 Å². The molecule has 0 saturated heterocycles. The Labute approximate surface area is 126 Å². The summed E-state index contributed by atoms with van der Waals surface area (Å²) in [6, 6.07) is 3.46. The van der Waals surface area contributed by atoms with Gasteiger partial charge in [-0.15, -0.1) is 0 Å². The molecule has 1 aromatic rings. The summed E-state index contributed by atoms with van der Waals surface area (Å²) in [5, 5.41) is 1.39. The molecule has 0 atom stereocenters. The molecule has 0 heterocycles. The summed E-state index contributed by atoms with van der Waals surface area (Å²) >= 11 is 9.50. The number of benzene rings is 1. The van der Waals surface area contributed by atoms with Crippen molar-refractivity contribution in [3.63, 3.8) is 0 Å². The third-order valence-electron chi connectivity index (χ3n) is 2.35. The lowest BCUT2D eigenvalue weighted by Crippen LogP contribution is -2.15. The number of carbonyl (C=O) groups is 1. The van der Waals surface area contributed by atoms with E-state index < -0.39 is 5.97 Å². The maximum atomic E-state index is 11.2. The Kier molecular flexibility index (Phi) is 7.02. The Bertz CT molecular complexity index is 437. The molecule has 0 radical (unpaired) electrons. The maximum Gasteiger partial charge on any atom is 0.344 e. The van der Waals surface area contributed by atoms with E-state index in [1.807, 2.05) is 6.07 Å². The number of rotatable bonds is 7. The molecule has 106 valence electrons. The van der Waals surface area contributed by atoms with Gasteiger partial charge in [0.2, 0.25) is 0 Å². The van der Waals surface area contributed by atoms with Crippen LogP contribution in [0.5, 0.6) is 11.5 Å². The second-order valence-corrected chi connectivity index (χ2v) is 4.83. The second kappa shape index (κ2) is 8.27. The first-order chi connectivity index (χ1) is 9.12. The number of aryl methyl sites for hydroxylation is 1. The van der Waals surface area contributed by atoms with Crippen molar-refractivity contribution >= 4 is 33.5 Å². The van der Waals surface area contributed by atoms with Crippen LogP contribution in [0.15, 0.2) is 12.1 Å². The van der Waals surface area contributed by atoms with Gasteiger partial charge < -0.3 is 14.2 Å². The van der Waals surface area contributed by atoms with E-state index in [0.717, 1.165) is 17.3 Å². The van der Waals surface area contributed by atoms with Gasteiger partial charge in [0, 0.05) is 16.4 Å². The van der Waals surface area contributed by atoms with Gasteiger partial charge in [-0.05, 0) is 25.0 Å². The highest BCUT2D eigenvalue weighted by molar-refractivity contribution is 9.09. The average molecular weight is 352 g/mol. The highest BCUT2D eigenvalue weighted by Crippen LogP contribution is 2.33. The second-order valence-electron chi connectivity index (χ2n) is 3.63. The minimum absolute atomic E-state index is 0.168. The molecule has 0 fully saturated rings. The third-order valence-corrected chi connectivity index (χ3v) is 3.10. The Morgan fingerprint density at radius 2 is 2.11 bits per heavy atom. The molecule has 1 rings (SSSR count). The first-order valence-corrected chi connectivity index (χ1v) is 7.33. The van der Waals surface area contributed by atoms with Crippen molar-refractivity contribution in [1.82, 2.24) is 0 Å². The molecule has 0 aromatic heterocycles. The quantitative estimate of drug-likeness (QED) is 0.559. The average Bonchev–Trinajstić information content (AvgIpc) is 2.39. The van der Waals surface area contributed by atoms with Crippen LogP contribution in [0.3, 0.4) is 0 Å². The first kappa shape index (κ1) is 16.1. The lowest BCUT2D eigenvalue weighted by molar-refractivity contribution is -0.145. The molecule has 0 bridgehead atoms. The van der Waals surface area contributed by atoms with Crippen LogP contribution in [-0.4, -0.2) is 31.6 Å². The lowest BCUT2D eigenvalue weighted by atomic mass is 10.1. The molecule has 0 aliphatic carbocycles. The lowest BCUT2D eigenvalue weighted by Gasteiger charge is -2.13. The predicted octanol–water partition coefficient (Wildman–Crippen LogP) is 3.23. The Balaban J connectivity index is 2.82. The molecule has 0 saturated carbocycles. The maximum absolute atomic E-state index is 11.2. The molecule has 6 heteroatoms. The van der Waals surface area contributed by atoms with E-state index >= 15 is 0 Å². The minimum Gasteiger partial charge on any atom is -0.493 e. The topological polar surface area (TPSA) is 44.8 Å².